The zero-order valence-electron chi connectivity index (χ0n) is 5.21. The van der Waals surface area contributed by atoms with Crippen LogP contribution in [0, 0.1) is 0 Å². The minimum absolute atomic E-state index is 0.153. The van der Waals surface area contributed by atoms with Gasteiger partial charge in [-0.1, -0.05) is 0 Å². The standard InChI is InChI=1S/C5H10O5/c6-2-1-10-5(9)4(8)3(2)7/h2-9H,1H2/t2-,3?,4-,5+/m1/s1. The maximum Gasteiger partial charge on any atom is 0.183 e. The highest BCUT2D eigenvalue weighted by Gasteiger charge is 2.36. The monoisotopic (exact) mass is 150 g/mol. The lowest BCUT2D eigenvalue weighted by molar-refractivity contribution is -0.252. The molecule has 1 saturated heterocycles. The number of hydrogen-bond donors (Lipinski definition) is 4. The lowest BCUT2D eigenvalue weighted by Gasteiger charge is -2.31. The molecule has 0 amide bonds. The van der Waals surface area contributed by atoms with Crippen LogP contribution in [0.2, 0.25) is 0 Å². The Morgan fingerprint density at radius 2 is 1.60 bits per heavy atom. The Bertz CT molecular complexity index is 103. The van der Waals surface area contributed by atoms with Crippen molar-refractivity contribution in [3.63, 3.8) is 0 Å². The Morgan fingerprint density at radius 3 is 2.10 bits per heavy atom. The second kappa shape index (κ2) is 2.81. The van der Waals surface area contributed by atoms with Crippen molar-refractivity contribution in [1.82, 2.24) is 0 Å². The quantitative estimate of drug-likeness (QED) is 0.304. The van der Waals surface area contributed by atoms with E-state index in [1.54, 1.807) is 0 Å². The molecular weight excluding hydrogens is 140 g/mol. The van der Waals surface area contributed by atoms with Gasteiger partial charge in [0.15, 0.2) is 6.29 Å². The molecule has 4 N–H and O–H groups in total. The van der Waals surface area contributed by atoms with Crippen LogP contribution in [-0.2, 0) is 4.74 Å². The van der Waals surface area contributed by atoms with Crippen LogP contribution in [0.25, 0.3) is 0 Å². The van der Waals surface area contributed by atoms with Gasteiger partial charge in [0, 0.05) is 0 Å². The average molecular weight is 150 g/mol. The van der Waals surface area contributed by atoms with E-state index in [0.29, 0.717) is 0 Å². The van der Waals surface area contributed by atoms with Gasteiger partial charge in [-0.05, 0) is 0 Å². The van der Waals surface area contributed by atoms with Crippen molar-refractivity contribution in [2.45, 2.75) is 24.6 Å². The van der Waals surface area contributed by atoms with Crippen molar-refractivity contribution in [3.8, 4) is 0 Å². The van der Waals surface area contributed by atoms with E-state index in [4.69, 9.17) is 20.4 Å². The van der Waals surface area contributed by atoms with Crippen LogP contribution in [0.4, 0.5) is 0 Å². The second-order valence-electron chi connectivity index (χ2n) is 2.27. The second-order valence-corrected chi connectivity index (χ2v) is 2.27. The largest absolute Gasteiger partial charge is 0.388 e. The summed E-state index contributed by atoms with van der Waals surface area (Å²) < 4.78 is 4.47. The first-order valence-corrected chi connectivity index (χ1v) is 2.97. The first-order valence-electron chi connectivity index (χ1n) is 2.97. The molecule has 1 aliphatic heterocycles. The zero-order chi connectivity index (χ0) is 7.72. The van der Waals surface area contributed by atoms with Crippen molar-refractivity contribution in [3.05, 3.63) is 0 Å². The van der Waals surface area contributed by atoms with E-state index >= 15 is 0 Å². The van der Waals surface area contributed by atoms with Crippen molar-refractivity contribution in [2.24, 2.45) is 0 Å². The predicted molar refractivity (Wildman–Crippen MR) is 30.0 cm³/mol. The third kappa shape index (κ3) is 1.28. The molecule has 0 aromatic heterocycles. The molecule has 10 heavy (non-hydrogen) atoms. The van der Waals surface area contributed by atoms with Crippen molar-refractivity contribution < 1.29 is 25.2 Å². The molecule has 4 atom stereocenters. The number of hydrogen-bond acceptors (Lipinski definition) is 5. The maximum atomic E-state index is 8.88. The molecule has 0 aliphatic carbocycles. The summed E-state index contributed by atoms with van der Waals surface area (Å²) in [6, 6.07) is 0. The molecule has 5 heteroatoms. The van der Waals surface area contributed by atoms with E-state index in [0.717, 1.165) is 0 Å². The highest BCUT2D eigenvalue weighted by molar-refractivity contribution is 4.81. The first-order chi connectivity index (χ1) is 4.63. The number of aliphatic hydroxyl groups is 4. The fraction of sp³-hybridized carbons (Fsp3) is 1.00. The van der Waals surface area contributed by atoms with Gasteiger partial charge in [0.05, 0.1) is 6.61 Å². The summed E-state index contributed by atoms with van der Waals surface area (Å²) in [5.74, 6) is 0. The van der Waals surface area contributed by atoms with Crippen LogP contribution < -0.4 is 0 Å². The number of ether oxygens (including phenoxy) is 1. The lowest BCUT2D eigenvalue weighted by atomic mass is 10.1. The van der Waals surface area contributed by atoms with Gasteiger partial charge in [-0.25, -0.2) is 0 Å². The van der Waals surface area contributed by atoms with Crippen LogP contribution in [0.15, 0.2) is 0 Å². The molecule has 0 spiro atoms. The van der Waals surface area contributed by atoms with Crippen molar-refractivity contribution in [2.75, 3.05) is 6.61 Å². The van der Waals surface area contributed by atoms with E-state index in [9.17, 15) is 0 Å². The Balaban J connectivity index is 2.52. The third-order valence-corrected chi connectivity index (χ3v) is 1.47. The third-order valence-electron chi connectivity index (χ3n) is 1.47. The lowest BCUT2D eigenvalue weighted by Crippen LogP contribution is -2.52. The van der Waals surface area contributed by atoms with Crippen LogP contribution in [0.5, 0.6) is 0 Å². The summed E-state index contributed by atoms with van der Waals surface area (Å²) in [6.07, 6.45) is -5.23. The first kappa shape index (κ1) is 7.90. The Kier molecular flexibility index (Phi) is 2.22. The molecule has 1 fully saturated rings. The van der Waals surface area contributed by atoms with E-state index < -0.39 is 24.6 Å². The molecule has 5 nitrogen and oxygen atoms in total. The van der Waals surface area contributed by atoms with E-state index in [2.05, 4.69) is 4.74 Å². The molecule has 1 heterocycles. The molecule has 0 saturated carbocycles. The van der Waals surface area contributed by atoms with Gasteiger partial charge >= 0.3 is 0 Å². The molecule has 0 aromatic rings. The molecule has 1 rings (SSSR count). The Morgan fingerprint density at radius 1 is 1.00 bits per heavy atom. The Hall–Kier alpha value is -0.200. The zero-order valence-corrected chi connectivity index (χ0v) is 5.21. The topological polar surface area (TPSA) is 90.2 Å². The van der Waals surface area contributed by atoms with Crippen LogP contribution >= 0.6 is 0 Å². The maximum absolute atomic E-state index is 8.88. The van der Waals surface area contributed by atoms with Gasteiger partial charge in [0.1, 0.15) is 18.3 Å². The SMILES string of the molecule is OC1[C@H](O)CO[C@H](O)[C@@H]1O. The van der Waals surface area contributed by atoms with Gasteiger partial charge in [0.2, 0.25) is 0 Å². The van der Waals surface area contributed by atoms with Gasteiger partial charge in [-0.2, -0.15) is 0 Å². The van der Waals surface area contributed by atoms with E-state index in [1.807, 2.05) is 0 Å². The highest BCUT2D eigenvalue weighted by Crippen LogP contribution is 2.12. The predicted octanol–water partition coefficient (Wildman–Crippen LogP) is -2.58. The molecule has 0 bridgehead atoms. The molecule has 1 aliphatic rings. The fourth-order valence-electron chi connectivity index (χ4n) is 0.791. The fourth-order valence-corrected chi connectivity index (χ4v) is 0.791. The van der Waals surface area contributed by atoms with Gasteiger partial charge in [-0.15, -0.1) is 0 Å². The summed E-state index contributed by atoms with van der Waals surface area (Å²) in [5, 5.41) is 35.3. The van der Waals surface area contributed by atoms with E-state index in [1.165, 1.54) is 0 Å². The summed E-state index contributed by atoms with van der Waals surface area (Å²) in [4.78, 5) is 0. The smallest absolute Gasteiger partial charge is 0.183 e. The molecule has 60 valence electrons. The van der Waals surface area contributed by atoms with Crippen LogP contribution in [0.1, 0.15) is 0 Å². The molecule has 0 aromatic carbocycles. The minimum atomic E-state index is -1.41. The van der Waals surface area contributed by atoms with Crippen LogP contribution in [0.3, 0.4) is 0 Å². The van der Waals surface area contributed by atoms with Crippen LogP contribution in [-0.4, -0.2) is 51.6 Å². The summed E-state index contributed by atoms with van der Waals surface area (Å²) >= 11 is 0. The molecule has 0 radical (unpaired) electrons. The average Bonchev–Trinajstić information content (AvgIpc) is 1.93. The molecular formula is C5H10O5. The minimum Gasteiger partial charge on any atom is -0.388 e. The summed E-state index contributed by atoms with van der Waals surface area (Å²) in [5.41, 5.74) is 0. The normalized spacial score (nSPS) is 49.2. The summed E-state index contributed by atoms with van der Waals surface area (Å²) in [7, 11) is 0. The summed E-state index contributed by atoms with van der Waals surface area (Å²) in [6.45, 7) is -0.153. The molecule has 1 unspecified atom stereocenters. The van der Waals surface area contributed by atoms with Crippen molar-refractivity contribution in [1.29, 1.82) is 0 Å². The van der Waals surface area contributed by atoms with Gasteiger partial charge in [0.25, 0.3) is 0 Å². The van der Waals surface area contributed by atoms with Crippen molar-refractivity contribution >= 4 is 0 Å². The van der Waals surface area contributed by atoms with E-state index in [-0.39, 0.29) is 6.61 Å². The number of rotatable bonds is 0. The number of aliphatic hydroxyl groups excluding tert-OH is 4. The Labute approximate surface area is 57.5 Å². The van der Waals surface area contributed by atoms with Gasteiger partial charge < -0.3 is 25.2 Å². The highest BCUT2D eigenvalue weighted by atomic mass is 16.6. The van der Waals surface area contributed by atoms with Gasteiger partial charge in [-0.3, -0.25) is 0 Å².